The number of rotatable bonds is 11. The Labute approximate surface area is 101 Å². The molecule has 2 nitrogen and oxygen atoms in total. The van der Waals surface area contributed by atoms with Crippen LogP contribution >= 0.6 is 0 Å². The van der Waals surface area contributed by atoms with Gasteiger partial charge in [0.2, 0.25) is 0 Å². The maximum absolute atomic E-state index is 8.95. The van der Waals surface area contributed by atoms with Crippen LogP contribution in [0.25, 0.3) is 0 Å². The lowest BCUT2D eigenvalue weighted by Crippen LogP contribution is -2.21. The van der Waals surface area contributed by atoms with Gasteiger partial charge in [0.1, 0.15) is 0 Å². The molecule has 0 aromatic rings. The molecule has 0 aromatic heterocycles. The van der Waals surface area contributed by atoms with Crippen LogP contribution in [0.1, 0.15) is 65.7 Å². The molecule has 0 saturated carbocycles. The minimum atomic E-state index is 0.185. The Morgan fingerprint density at radius 1 is 0.938 bits per heavy atom. The molecule has 0 radical (unpaired) electrons. The minimum absolute atomic E-state index is 0.185. The summed E-state index contributed by atoms with van der Waals surface area (Å²) in [5, 5.41) is 8.95. The van der Waals surface area contributed by atoms with Crippen molar-refractivity contribution >= 4 is 0 Å². The van der Waals surface area contributed by atoms with Crippen LogP contribution in [0.2, 0.25) is 0 Å². The molecule has 0 bridgehead atoms. The Bertz CT molecular complexity index is 137. The van der Waals surface area contributed by atoms with Crippen molar-refractivity contribution in [3.63, 3.8) is 0 Å². The zero-order valence-corrected chi connectivity index (χ0v) is 11.4. The Hall–Kier alpha value is -0.0800. The largest absolute Gasteiger partial charge is 0.396 e. The molecular formula is C14H30O2. The van der Waals surface area contributed by atoms with Gasteiger partial charge in [-0.1, -0.05) is 52.4 Å². The number of hydrogen-bond donors (Lipinski definition) is 1. The van der Waals surface area contributed by atoms with Crippen LogP contribution in [0.15, 0.2) is 0 Å². The van der Waals surface area contributed by atoms with E-state index in [-0.39, 0.29) is 18.6 Å². The van der Waals surface area contributed by atoms with Crippen molar-refractivity contribution in [1.29, 1.82) is 0 Å². The van der Waals surface area contributed by atoms with E-state index in [0.29, 0.717) is 0 Å². The summed E-state index contributed by atoms with van der Waals surface area (Å²) in [5.41, 5.74) is 0. The molecule has 0 aliphatic rings. The van der Waals surface area contributed by atoms with E-state index in [1.54, 1.807) is 0 Å². The molecule has 2 heteroatoms. The summed E-state index contributed by atoms with van der Waals surface area (Å²) >= 11 is 0. The molecule has 0 fully saturated rings. The lowest BCUT2D eigenvalue weighted by molar-refractivity contribution is 0.0101. The Morgan fingerprint density at radius 3 is 2.06 bits per heavy atom. The second-order valence-corrected chi connectivity index (χ2v) is 4.86. The topological polar surface area (TPSA) is 29.5 Å². The number of unbranched alkanes of at least 4 members (excludes halogenated alkanes) is 6. The molecule has 16 heavy (non-hydrogen) atoms. The van der Waals surface area contributed by atoms with Gasteiger partial charge in [0, 0.05) is 19.1 Å². The van der Waals surface area contributed by atoms with Gasteiger partial charge >= 0.3 is 0 Å². The van der Waals surface area contributed by atoms with E-state index < -0.39 is 0 Å². The van der Waals surface area contributed by atoms with Crippen molar-refractivity contribution in [2.24, 2.45) is 5.92 Å². The first kappa shape index (κ1) is 15.9. The number of hydrogen-bond acceptors (Lipinski definition) is 2. The van der Waals surface area contributed by atoms with Crippen LogP contribution < -0.4 is 0 Å². The smallest absolute Gasteiger partial charge is 0.0594 e. The summed E-state index contributed by atoms with van der Waals surface area (Å²) in [6.45, 7) is 7.38. The highest BCUT2D eigenvalue weighted by Gasteiger charge is 2.10. The third-order valence-corrected chi connectivity index (χ3v) is 3.22. The summed E-state index contributed by atoms with van der Waals surface area (Å²) in [5.74, 6) is 0.254. The minimum Gasteiger partial charge on any atom is -0.396 e. The van der Waals surface area contributed by atoms with Gasteiger partial charge in [0.25, 0.3) is 0 Å². The fraction of sp³-hybridized carbons (Fsp3) is 1.00. The predicted molar refractivity (Wildman–Crippen MR) is 69.7 cm³/mol. The zero-order chi connectivity index (χ0) is 12.2. The van der Waals surface area contributed by atoms with Crippen LogP contribution in [0, 0.1) is 5.92 Å². The third-order valence-electron chi connectivity index (χ3n) is 3.22. The molecule has 1 N–H and O–H groups in total. The van der Waals surface area contributed by atoms with E-state index in [9.17, 15) is 0 Å². The van der Waals surface area contributed by atoms with Crippen molar-refractivity contribution in [2.75, 3.05) is 13.2 Å². The van der Waals surface area contributed by atoms with Gasteiger partial charge in [-0.25, -0.2) is 0 Å². The van der Waals surface area contributed by atoms with Crippen LogP contribution in [0.4, 0.5) is 0 Å². The molecular weight excluding hydrogens is 200 g/mol. The van der Waals surface area contributed by atoms with Crippen molar-refractivity contribution in [3.8, 4) is 0 Å². The summed E-state index contributed by atoms with van der Waals surface area (Å²) < 4.78 is 5.66. The van der Waals surface area contributed by atoms with Crippen molar-refractivity contribution in [1.82, 2.24) is 0 Å². The Kier molecular flexibility index (Phi) is 11.3. The summed E-state index contributed by atoms with van der Waals surface area (Å²) in [6.07, 6.45) is 9.42. The van der Waals surface area contributed by atoms with E-state index >= 15 is 0 Å². The molecule has 0 aliphatic carbocycles. The lowest BCUT2D eigenvalue weighted by atomic mass is 10.1. The summed E-state index contributed by atoms with van der Waals surface area (Å²) in [7, 11) is 0. The monoisotopic (exact) mass is 230 g/mol. The predicted octanol–water partition coefficient (Wildman–Crippen LogP) is 3.77. The van der Waals surface area contributed by atoms with Crippen LogP contribution in [-0.4, -0.2) is 24.4 Å². The molecule has 0 amide bonds. The second-order valence-electron chi connectivity index (χ2n) is 4.86. The van der Waals surface area contributed by atoms with E-state index in [0.717, 1.165) is 13.0 Å². The molecule has 0 heterocycles. The van der Waals surface area contributed by atoms with Gasteiger partial charge in [-0.2, -0.15) is 0 Å². The SMILES string of the molecule is CCCCCCCCCOC(C)C(C)CO. The molecule has 98 valence electrons. The van der Waals surface area contributed by atoms with Gasteiger partial charge in [0.15, 0.2) is 0 Å². The Balaban J connectivity index is 3.14. The quantitative estimate of drug-likeness (QED) is 0.547. The van der Waals surface area contributed by atoms with E-state index in [2.05, 4.69) is 6.92 Å². The van der Waals surface area contributed by atoms with Gasteiger partial charge in [-0.15, -0.1) is 0 Å². The highest BCUT2D eigenvalue weighted by atomic mass is 16.5. The summed E-state index contributed by atoms with van der Waals surface area (Å²) in [6, 6.07) is 0. The summed E-state index contributed by atoms with van der Waals surface area (Å²) in [4.78, 5) is 0. The fourth-order valence-electron chi connectivity index (χ4n) is 1.64. The first-order chi connectivity index (χ1) is 7.72. The first-order valence-electron chi connectivity index (χ1n) is 6.94. The van der Waals surface area contributed by atoms with Crippen LogP contribution in [-0.2, 0) is 4.74 Å². The first-order valence-corrected chi connectivity index (χ1v) is 6.94. The standard InChI is InChI=1S/C14H30O2/c1-4-5-6-7-8-9-10-11-16-14(3)13(2)12-15/h13-15H,4-12H2,1-3H3. The maximum Gasteiger partial charge on any atom is 0.0594 e. The van der Waals surface area contributed by atoms with Crippen LogP contribution in [0.5, 0.6) is 0 Å². The zero-order valence-electron chi connectivity index (χ0n) is 11.4. The maximum atomic E-state index is 8.95. The molecule has 0 spiro atoms. The van der Waals surface area contributed by atoms with Gasteiger partial charge in [0.05, 0.1) is 6.10 Å². The average Bonchev–Trinajstić information content (AvgIpc) is 2.31. The van der Waals surface area contributed by atoms with Crippen LogP contribution in [0.3, 0.4) is 0 Å². The highest BCUT2D eigenvalue weighted by Crippen LogP contribution is 2.09. The lowest BCUT2D eigenvalue weighted by Gasteiger charge is -2.18. The van der Waals surface area contributed by atoms with E-state index in [1.807, 2.05) is 13.8 Å². The number of ether oxygens (including phenoxy) is 1. The molecule has 0 saturated heterocycles. The third kappa shape index (κ3) is 9.17. The fourth-order valence-corrected chi connectivity index (χ4v) is 1.64. The van der Waals surface area contributed by atoms with Crippen molar-refractivity contribution < 1.29 is 9.84 Å². The van der Waals surface area contributed by atoms with E-state index in [1.165, 1.54) is 38.5 Å². The molecule has 2 atom stereocenters. The number of aliphatic hydroxyl groups is 1. The normalized spacial score (nSPS) is 15.0. The average molecular weight is 230 g/mol. The van der Waals surface area contributed by atoms with Gasteiger partial charge < -0.3 is 9.84 Å². The highest BCUT2D eigenvalue weighted by molar-refractivity contribution is 4.59. The Morgan fingerprint density at radius 2 is 1.50 bits per heavy atom. The molecule has 2 unspecified atom stereocenters. The van der Waals surface area contributed by atoms with Crippen molar-refractivity contribution in [2.45, 2.75) is 71.8 Å². The second kappa shape index (κ2) is 11.4. The van der Waals surface area contributed by atoms with E-state index in [4.69, 9.17) is 9.84 Å². The van der Waals surface area contributed by atoms with Gasteiger partial charge in [-0.05, 0) is 13.3 Å². The van der Waals surface area contributed by atoms with Crippen molar-refractivity contribution in [3.05, 3.63) is 0 Å². The molecule has 0 rings (SSSR count). The van der Waals surface area contributed by atoms with Gasteiger partial charge in [-0.3, -0.25) is 0 Å². The number of aliphatic hydroxyl groups excluding tert-OH is 1. The molecule has 0 aromatic carbocycles. The molecule has 0 aliphatic heterocycles.